The van der Waals surface area contributed by atoms with E-state index >= 15 is 0 Å². The number of aromatic nitrogens is 4. The minimum Gasteiger partial charge on any atom is -0.461 e. The molecule has 47 heavy (non-hydrogen) atoms. The summed E-state index contributed by atoms with van der Waals surface area (Å²) >= 11 is 23.9. The summed E-state index contributed by atoms with van der Waals surface area (Å²) in [7, 11) is 0. The van der Waals surface area contributed by atoms with Gasteiger partial charge in [0.2, 0.25) is 11.8 Å². The molecule has 252 valence electrons. The Bertz CT molecular complexity index is 1740. The molecule has 4 aromatic rings. The molecule has 0 spiro atoms. The summed E-state index contributed by atoms with van der Waals surface area (Å²) in [5.41, 5.74) is 0.519. The first kappa shape index (κ1) is 37.8. The summed E-state index contributed by atoms with van der Waals surface area (Å²) < 4.78 is 19.6. The summed E-state index contributed by atoms with van der Waals surface area (Å²) in [6.07, 6.45) is 0. The van der Waals surface area contributed by atoms with Gasteiger partial charge in [-0.1, -0.05) is 46.4 Å². The maximum atomic E-state index is 12.2. The number of Topliss-reactive ketones (excluding diaryl/α,β-unsaturated/α-hetero) is 2. The lowest BCUT2D eigenvalue weighted by Crippen LogP contribution is -2.10. The predicted octanol–water partition coefficient (Wildman–Crippen LogP) is 9.20. The Balaban J connectivity index is 0.000000257. The molecular weight excluding hydrogens is 694 g/mol. The van der Waals surface area contributed by atoms with Crippen molar-refractivity contribution < 1.29 is 33.7 Å². The van der Waals surface area contributed by atoms with Gasteiger partial charge in [0.05, 0.1) is 25.3 Å². The van der Waals surface area contributed by atoms with Gasteiger partial charge >= 0.3 is 5.97 Å². The topological polar surface area (TPSA) is 135 Å². The minimum atomic E-state index is -0.680. The molecule has 0 fully saturated rings. The fraction of sp³-hybridized carbons (Fsp3) is 0.344. The standard InChI is InChI=1S/C17H18Cl2N2O4.C15H16Cl2N2O3/c1-5-24-17(23)15-14(10(4)22)16(21(20-15)9(2)3)25-13-7-11(18)6-12(19)8-13;1-8(2)19-15(14(9(3)21)13(7-20)18-19)22-12-5-10(16)4-11(17)6-12/h6-9H,5H2,1-4H3;4-6,8,20H,7H2,1-3H3. The number of rotatable bonds is 11. The average molecular weight is 728 g/mol. The van der Waals surface area contributed by atoms with E-state index in [1.54, 1.807) is 48.0 Å². The van der Waals surface area contributed by atoms with Crippen LogP contribution in [0.2, 0.25) is 20.1 Å². The number of ketones is 2. The molecule has 0 atom stereocenters. The molecule has 2 aromatic carbocycles. The first-order valence-electron chi connectivity index (χ1n) is 14.4. The van der Waals surface area contributed by atoms with Crippen molar-refractivity contribution in [2.24, 2.45) is 0 Å². The molecule has 0 saturated heterocycles. The third kappa shape index (κ3) is 9.48. The zero-order chi connectivity index (χ0) is 35.2. The van der Waals surface area contributed by atoms with Gasteiger partial charge in [0.1, 0.15) is 28.3 Å². The van der Waals surface area contributed by atoms with E-state index in [4.69, 9.17) is 60.6 Å². The van der Waals surface area contributed by atoms with Crippen molar-refractivity contribution >= 4 is 63.9 Å². The van der Waals surface area contributed by atoms with Crippen LogP contribution in [0.5, 0.6) is 23.3 Å². The highest BCUT2D eigenvalue weighted by Crippen LogP contribution is 2.35. The lowest BCUT2D eigenvalue weighted by Gasteiger charge is -2.13. The maximum absolute atomic E-state index is 12.2. The van der Waals surface area contributed by atoms with Gasteiger partial charge in [-0.3, -0.25) is 9.59 Å². The summed E-state index contributed by atoms with van der Waals surface area (Å²) in [5, 5.41) is 19.5. The third-order valence-corrected chi connectivity index (χ3v) is 7.08. The summed E-state index contributed by atoms with van der Waals surface area (Å²) in [6.45, 7) is 11.7. The van der Waals surface area contributed by atoms with E-state index in [0.717, 1.165) is 0 Å². The Morgan fingerprint density at radius 2 is 1.13 bits per heavy atom. The average Bonchev–Trinajstić information content (AvgIpc) is 3.51. The number of hydrogen-bond donors (Lipinski definition) is 1. The molecule has 15 heteroatoms. The third-order valence-electron chi connectivity index (χ3n) is 6.21. The van der Waals surface area contributed by atoms with Crippen LogP contribution in [-0.2, 0) is 11.3 Å². The van der Waals surface area contributed by atoms with Crippen LogP contribution in [-0.4, -0.2) is 48.8 Å². The van der Waals surface area contributed by atoms with Gasteiger partial charge in [0.15, 0.2) is 17.3 Å². The van der Waals surface area contributed by atoms with Crippen LogP contribution in [0.15, 0.2) is 36.4 Å². The zero-order valence-electron chi connectivity index (χ0n) is 26.7. The maximum Gasteiger partial charge on any atom is 0.359 e. The fourth-order valence-corrected chi connectivity index (χ4v) is 5.31. The van der Waals surface area contributed by atoms with Gasteiger partial charge < -0.3 is 19.3 Å². The molecule has 1 N–H and O–H groups in total. The highest BCUT2D eigenvalue weighted by atomic mass is 35.5. The van der Waals surface area contributed by atoms with Crippen LogP contribution in [0, 0.1) is 0 Å². The predicted molar refractivity (Wildman–Crippen MR) is 180 cm³/mol. The van der Waals surface area contributed by atoms with Gasteiger partial charge in [0, 0.05) is 20.1 Å². The number of hydrogen-bond acceptors (Lipinski definition) is 9. The molecule has 11 nitrogen and oxygen atoms in total. The van der Waals surface area contributed by atoms with E-state index in [1.165, 1.54) is 18.5 Å². The van der Waals surface area contributed by atoms with E-state index < -0.39 is 5.97 Å². The Labute approximate surface area is 292 Å². The van der Waals surface area contributed by atoms with Crippen LogP contribution in [0.4, 0.5) is 0 Å². The second-order valence-electron chi connectivity index (χ2n) is 10.6. The molecule has 0 saturated carbocycles. The lowest BCUT2D eigenvalue weighted by atomic mass is 10.1. The molecule has 0 amide bonds. The monoisotopic (exact) mass is 726 g/mol. The Morgan fingerprint density at radius 1 is 0.723 bits per heavy atom. The van der Waals surface area contributed by atoms with Crippen molar-refractivity contribution in [3.8, 4) is 23.3 Å². The molecule has 0 bridgehead atoms. The van der Waals surface area contributed by atoms with Gasteiger partial charge in [-0.15, -0.1) is 0 Å². The van der Waals surface area contributed by atoms with Crippen LogP contribution < -0.4 is 9.47 Å². The van der Waals surface area contributed by atoms with E-state index in [-0.39, 0.29) is 71.1 Å². The summed E-state index contributed by atoms with van der Waals surface area (Å²) in [6, 6.07) is 9.22. The number of esters is 1. The zero-order valence-corrected chi connectivity index (χ0v) is 29.8. The van der Waals surface area contributed by atoms with E-state index in [2.05, 4.69) is 10.2 Å². The largest absolute Gasteiger partial charge is 0.461 e. The van der Waals surface area contributed by atoms with Gasteiger partial charge in [-0.25, -0.2) is 14.2 Å². The Hall–Kier alpha value is -3.61. The number of benzene rings is 2. The fourth-order valence-electron chi connectivity index (χ4n) is 4.30. The van der Waals surface area contributed by atoms with Crippen molar-refractivity contribution in [1.82, 2.24) is 19.6 Å². The Kier molecular flexibility index (Phi) is 13.3. The number of nitrogens with zero attached hydrogens (tertiary/aromatic N) is 4. The van der Waals surface area contributed by atoms with E-state index in [9.17, 15) is 19.5 Å². The number of aliphatic hydroxyl groups excluding tert-OH is 1. The quantitative estimate of drug-likeness (QED) is 0.118. The van der Waals surface area contributed by atoms with Gasteiger partial charge in [-0.2, -0.15) is 10.2 Å². The number of carbonyl (C=O) groups is 3. The molecule has 0 aliphatic heterocycles. The van der Waals surface area contributed by atoms with Crippen molar-refractivity contribution in [3.05, 3.63) is 79.0 Å². The van der Waals surface area contributed by atoms with Crippen molar-refractivity contribution in [2.75, 3.05) is 6.61 Å². The normalized spacial score (nSPS) is 10.9. The molecule has 0 radical (unpaired) electrons. The van der Waals surface area contributed by atoms with Gasteiger partial charge in [0.25, 0.3) is 0 Å². The van der Waals surface area contributed by atoms with Crippen molar-refractivity contribution in [3.63, 3.8) is 0 Å². The SMILES string of the molecule is CC(=O)c1c(CO)nn(C(C)C)c1Oc1cc(Cl)cc(Cl)c1.CCOC(=O)c1nn(C(C)C)c(Oc2cc(Cl)cc(Cl)c2)c1C(C)=O. The first-order valence-corrected chi connectivity index (χ1v) is 15.9. The smallest absolute Gasteiger partial charge is 0.359 e. The van der Waals surface area contributed by atoms with Gasteiger partial charge in [-0.05, 0) is 84.9 Å². The van der Waals surface area contributed by atoms with Crippen LogP contribution >= 0.6 is 46.4 Å². The number of ether oxygens (including phenoxy) is 3. The van der Waals surface area contributed by atoms with Crippen LogP contribution in [0.3, 0.4) is 0 Å². The summed E-state index contributed by atoms with van der Waals surface area (Å²) in [5.74, 6) is -0.143. The lowest BCUT2D eigenvalue weighted by molar-refractivity contribution is 0.0515. The van der Waals surface area contributed by atoms with E-state index in [0.29, 0.717) is 31.6 Å². The molecular formula is C32H34Cl4N4O7. The summed E-state index contributed by atoms with van der Waals surface area (Å²) in [4.78, 5) is 36.2. The molecule has 4 rings (SSSR count). The highest BCUT2D eigenvalue weighted by Gasteiger charge is 2.30. The molecule has 0 aliphatic carbocycles. The number of halogens is 4. The van der Waals surface area contributed by atoms with E-state index in [1.807, 2.05) is 27.7 Å². The second-order valence-corrected chi connectivity index (χ2v) is 12.4. The molecule has 0 aliphatic rings. The molecule has 2 heterocycles. The molecule has 0 unspecified atom stereocenters. The minimum absolute atomic E-state index is 0.0527. The Morgan fingerprint density at radius 3 is 1.49 bits per heavy atom. The highest BCUT2D eigenvalue weighted by molar-refractivity contribution is 6.35. The van der Waals surface area contributed by atoms with Crippen LogP contribution in [0.25, 0.3) is 0 Å². The van der Waals surface area contributed by atoms with Crippen LogP contribution in [0.1, 0.15) is 97.4 Å². The number of carbonyl (C=O) groups excluding carboxylic acids is 3. The number of aliphatic hydroxyl groups is 1. The van der Waals surface area contributed by atoms with Crippen molar-refractivity contribution in [1.29, 1.82) is 0 Å². The second kappa shape index (κ2) is 16.5. The molecule has 2 aromatic heterocycles. The first-order chi connectivity index (χ1) is 22.1. The van der Waals surface area contributed by atoms with Crippen molar-refractivity contribution in [2.45, 2.75) is 67.2 Å².